The molecule has 0 fully saturated rings. The van der Waals surface area contributed by atoms with Crippen molar-refractivity contribution in [3.8, 4) is 0 Å². The monoisotopic (exact) mass is 251 g/mol. The number of nitrogens with two attached hydrogens (primary N) is 1. The maximum absolute atomic E-state index is 11.4. The van der Waals surface area contributed by atoms with Crippen LogP contribution in [0.15, 0.2) is 24.5 Å². The van der Waals surface area contributed by atoms with Crippen LogP contribution in [-0.4, -0.2) is 24.1 Å². The van der Waals surface area contributed by atoms with Crippen LogP contribution in [-0.2, 0) is 16.0 Å². The molecule has 0 saturated carbocycles. The molecule has 18 heavy (non-hydrogen) atoms. The van der Waals surface area contributed by atoms with Crippen molar-refractivity contribution < 1.29 is 9.53 Å². The minimum atomic E-state index is -0.592. The predicted molar refractivity (Wildman–Crippen MR) is 69.5 cm³/mol. The molecule has 5 nitrogen and oxygen atoms in total. The van der Waals surface area contributed by atoms with Crippen molar-refractivity contribution >= 4 is 5.91 Å². The van der Waals surface area contributed by atoms with Gasteiger partial charge in [0.1, 0.15) is 0 Å². The molecule has 0 spiro atoms. The van der Waals surface area contributed by atoms with Crippen molar-refractivity contribution in [3.05, 3.63) is 30.1 Å². The maximum Gasteiger partial charge on any atom is 0.241 e. The van der Waals surface area contributed by atoms with Gasteiger partial charge in [0, 0.05) is 19.0 Å². The van der Waals surface area contributed by atoms with E-state index in [9.17, 15) is 4.79 Å². The summed E-state index contributed by atoms with van der Waals surface area (Å²) in [5.41, 5.74) is 2.80. The molecule has 3 N–H and O–H groups in total. The Labute approximate surface area is 108 Å². The standard InChI is InChI=1S/C13H21N3O2/c1-13(2,12(17)16-14)10-18-9-3-4-11-5-7-15-8-6-11/h5-8H,3-4,9-10,14H2,1-2H3,(H,16,17). The van der Waals surface area contributed by atoms with Gasteiger partial charge in [-0.3, -0.25) is 15.2 Å². The Hall–Kier alpha value is -1.46. The molecule has 0 aliphatic rings. The second kappa shape index (κ2) is 7.08. The van der Waals surface area contributed by atoms with Gasteiger partial charge in [-0.05, 0) is 44.4 Å². The van der Waals surface area contributed by atoms with Crippen molar-refractivity contribution in [2.24, 2.45) is 11.3 Å². The summed E-state index contributed by atoms with van der Waals surface area (Å²) in [4.78, 5) is 15.4. The lowest BCUT2D eigenvalue weighted by atomic mass is 9.94. The third kappa shape index (κ3) is 4.81. The van der Waals surface area contributed by atoms with Gasteiger partial charge >= 0.3 is 0 Å². The first kappa shape index (κ1) is 14.6. The highest BCUT2D eigenvalue weighted by atomic mass is 16.5. The molecule has 1 aromatic heterocycles. The topological polar surface area (TPSA) is 77.2 Å². The average molecular weight is 251 g/mol. The zero-order chi connectivity index (χ0) is 13.4. The van der Waals surface area contributed by atoms with E-state index in [0.29, 0.717) is 13.2 Å². The first-order valence-corrected chi connectivity index (χ1v) is 6.04. The highest BCUT2D eigenvalue weighted by Crippen LogP contribution is 2.15. The smallest absolute Gasteiger partial charge is 0.241 e. The van der Waals surface area contributed by atoms with Gasteiger partial charge in [-0.2, -0.15) is 0 Å². The van der Waals surface area contributed by atoms with Gasteiger partial charge in [-0.1, -0.05) is 0 Å². The number of pyridine rings is 1. The molecule has 5 heteroatoms. The lowest BCUT2D eigenvalue weighted by Crippen LogP contribution is -2.43. The van der Waals surface area contributed by atoms with Crippen LogP contribution in [0.2, 0.25) is 0 Å². The highest BCUT2D eigenvalue weighted by molar-refractivity contribution is 5.81. The van der Waals surface area contributed by atoms with Crippen LogP contribution >= 0.6 is 0 Å². The van der Waals surface area contributed by atoms with Gasteiger partial charge < -0.3 is 4.74 Å². The summed E-state index contributed by atoms with van der Waals surface area (Å²) in [5, 5.41) is 0. The van der Waals surface area contributed by atoms with E-state index in [4.69, 9.17) is 10.6 Å². The number of hydrazine groups is 1. The first-order chi connectivity index (χ1) is 8.56. The van der Waals surface area contributed by atoms with Crippen LogP contribution in [0.1, 0.15) is 25.8 Å². The van der Waals surface area contributed by atoms with Gasteiger partial charge in [0.05, 0.1) is 12.0 Å². The van der Waals surface area contributed by atoms with Crippen molar-refractivity contribution in [3.63, 3.8) is 0 Å². The van der Waals surface area contributed by atoms with Crippen LogP contribution in [0.25, 0.3) is 0 Å². The fourth-order valence-corrected chi connectivity index (χ4v) is 1.52. The molecule has 0 aliphatic carbocycles. The number of aromatic nitrogens is 1. The van der Waals surface area contributed by atoms with E-state index in [1.807, 2.05) is 12.1 Å². The summed E-state index contributed by atoms with van der Waals surface area (Å²) in [7, 11) is 0. The summed E-state index contributed by atoms with van der Waals surface area (Å²) in [6.07, 6.45) is 5.44. The van der Waals surface area contributed by atoms with E-state index >= 15 is 0 Å². The van der Waals surface area contributed by atoms with Crippen molar-refractivity contribution in [2.75, 3.05) is 13.2 Å². The Morgan fingerprint density at radius 3 is 2.72 bits per heavy atom. The Kier molecular flexibility index (Phi) is 5.74. The molecule has 1 amide bonds. The second-order valence-electron chi connectivity index (χ2n) is 4.87. The molecule has 0 atom stereocenters. The summed E-state index contributed by atoms with van der Waals surface area (Å²) >= 11 is 0. The Morgan fingerprint density at radius 2 is 2.11 bits per heavy atom. The Bertz CT molecular complexity index is 366. The molecule has 0 unspecified atom stereocenters. The summed E-state index contributed by atoms with van der Waals surface area (Å²) in [6.45, 7) is 4.60. The number of nitrogens with zero attached hydrogens (tertiary/aromatic N) is 1. The summed E-state index contributed by atoms with van der Waals surface area (Å²) in [6, 6.07) is 3.98. The molecular weight excluding hydrogens is 230 g/mol. The van der Waals surface area contributed by atoms with Gasteiger partial charge in [0.15, 0.2) is 0 Å². The first-order valence-electron chi connectivity index (χ1n) is 6.04. The van der Waals surface area contributed by atoms with Gasteiger partial charge in [-0.15, -0.1) is 0 Å². The molecule has 1 aromatic rings. The van der Waals surface area contributed by atoms with Crippen LogP contribution in [0.5, 0.6) is 0 Å². The molecule has 0 aliphatic heterocycles. The minimum Gasteiger partial charge on any atom is -0.380 e. The normalized spacial score (nSPS) is 11.3. The van der Waals surface area contributed by atoms with Crippen LogP contribution in [0.3, 0.4) is 0 Å². The molecule has 1 heterocycles. The second-order valence-corrected chi connectivity index (χ2v) is 4.87. The van der Waals surface area contributed by atoms with Gasteiger partial charge in [-0.25, -0.2) is 5.84 Å². The average Bonchev–Trinajstić information content (AvgIpc) is 2.38. The summed E-state index contributed by atoms with van der Waals surface area (Å²) < 4.78 is 5.51. The van der Waals surface area contributed by atoms with Crippen LogP contribution in [0.4, 0.5) is 0 Å². The van der Waals surface area contributed by atoms with E-state index in [1.54, 1.807) is 26.2 Å². The van der Waals surface area contributed by atoms with E-state index in [-0.39, 0.29) is 5.91 Å². The molecule has 1 rings (SSSR count). The van der Waals surface area contributed by atoms with Crippen molar-refractivity contribution in [2.45, 2.75) is 26.7 Å². The number of ether oxygens (including phenoxy) is 1. The largest absolute Gasteiger partial charge is 0.380 e. The Balaban J connectivity index is 2.17. The molecule has 100 valence electrons. The predicted octanol–water partition coefficient (Wildman–Crippen LogP) is 1.05. The quantitative estimate of drug-likeness (QED) is 0.328. The molecule has 0 bridgehead atoms. The van der Waals surface area contributed by atoms with E-state index in [2.05, 4.69) is 10.4 Å². The number of amides is 1. The molecule has 0 aromatic carbocycles. The Morgan fingerprint density at radius 1 is 1.44 bits per heavy atom. The third-order valence-electron chi connectivity index (χ3n) is 2.71. The number of carbonyl (C=O) groups is 1. The number of hydrogen-bond donors (Lipinski definition) is 2. The number of nitrogens with one attached hydrogen (secondary N) is 1. The summed E-state index contributed by atoms with van der Waals surface area (Å²) in [5.74, 6) is 4.89. The fraction of sp³-hybridized carbons (Fsp3) is 0.538. The van der Waals surface area contributed by atoms with E-state index in [1.165, 1.54) is 5.56 Å². The van der Waals surface area contributed by atoms with Crippen molar-refractivity contribution in [1.29, 1.82) is 0 Å². The van der Waals surface area contributed by atoms with Crippen LogP contribution < -0.4 is 11.3 Å². The van der Waals surface area contributed by atoms with E-state index < -0.39 is 5.41 Å². The lowest BCUT2D eigenvalue weighted by Gasteiger charge is -2.21. The minimum absolute atomic E-state index is 0.211. The molecule has 0 radical (unpaired) electrons. The van der Waals surface area contributed by atoms with Crippen LogP contribution in [0, 0.1) is 5.41 Å². The fourth-order valence-electron chi connectivity index (χ4n) is 1.52. The third-order valence-corrected chi connectivity index (χ3v) is 2.71. The zero-order valence-electron chi connectivity index (χ0n) is 11.0. The zero-order valence-corrected chi connectivity index (χ0v) is 11.0. The maximum atomic E-state index is 11.4. The number of aryl methyl sites for hydroxylation is 1. The number of hydrogen-bond acceptors (Lipinski definition) is 4. The lowest BCUT2D eigenvalue weighted by molar-refractivity contribution is -0.132. The van der Waals surface area contributed by atoms with Crippen molar-refractivity contribution in [1.82, 2.24) is 10.4 Å². The van der Waals surface area contributed by atoms with E-state index in [0.717, 1.165) is 12.8 Å². The molecule has 0 saturated heterocycles. The van der Waals surface area contributed by atoms with Gasteiger partial charge in [0.25, 0.3) is 0 Å². The highest BCUT2D eigenvalue weighted by Gasteiger charge is 2.26. The molecular formula is C13H21N3O2. The number of rotatable bonds is 7. The van der Waals surface area contributed by atoms with Gasteiger partial charge in [0.2, 0.25) is 5.91 Å². The SMILES string of the molecule is CC(C)(COCCCc1ccncc1)C(=O)NN. The number of carbonyl (C=O) groups excluding carboxylic acids is 1.